The summed E-state index contributed by atoms with van der Waals surface area (Å²) in [7, 11) is -3.30. The number of fused-ring (bicyclic) bond motifs is 3. The van der Waals surface area contributed by atoms with Gasteiger partial charge in [-0.1, -0.05) is 48.0 Å². The number of nitrogens with zero attached hydrogens (tertiary/aromatic N) is 1. The van der Waals surface area contributed by atoms with Crippen LogP contribution in [0.2, 0.25) is 0 Å². The molecule has 2 aliphatic heterocycles. The molecule has 3 unspecified atom stereocenters. The van der Waals surface area contributed by atoms with E-state index < -0.39 is 44.2 Å². The molecule has 2 aromatic carbocycles. The highest BCUT2D eigenvalue weighted by Crippen LogP contribution is 2.51. The molecule has 0 bridgehead atoms. The lowest BCUT2D eigenvalue weighted by Crippen LogP contribution is -2.57. The van der Waals surface area contributed by atoms with Gasteiger partial charge in [-0.05, 0) is 74.6 Å². The summed E-state index contributed by atoms with van der Waals surface area (Å²) < 4.78 is 79.2. The number of carbonyl (C=O) groups excluding carboxylic acids is 1. The smallest absolute Gasteiger partial charge is 0.380 e. The number of amides is 1. The third-order valence-electron chi connectivity index (χ3n) is 9.17. The van der Waals surface area contributed by atoms with Gasteiger partial charge in [-0.15, -0.1) is 0 Å². The molecule has 1 N–H and O–H groups in total. The highest BCUT2D eigenvalue weighted by molar-refractivity contribution is 7.91. The Morgan fingerprint density at radius 1 is 1.05 bits per heavy atom. The van der Waals surface area contributed by atoms with Crippen LogP contribution >= 0.6 is 0 Å². The number of sulfone groups is 1. The van der Waals surface area contributed by atoms with Crippen molar-refractivity contribution in [1.29, 1.82) is 0 Å². The summed E-state index contributed by atoms with van der Waals surface area (Å²) in [5, 5.41) is 11.2. The van der Waals surface area contributed by atoms with Crippen LogP contribution in [0, 0.1) is 6.92 Å². The van der Waals surface area contributed by atoms with Gasteiger partial charge in [0.1, 0.15) is 5.60 Å². The van der Waals surface area contributed by atoms with Gasteiger partial charge in [0.15, 0.2) is 9.84 Å². The van der Waals surface area contributed by atoms with E-state index >= 15 is 0 Å². The molecule has 5 nitrogen and oxygen atoms in total. The number of aryl methyl sites for hydroxylation is 2. The zero-order valence-corrected chi connectivity index (χ0v) is 22.8. The first-order valence-corrected chi connectivity index (χ1v) is 15.1. The van der Waals surface area contributed by atoms with E-state index in [2.05, 4.69) is 0 Å². The van der Waals surface area contributed by atoms with Gasteiger partial charge < -0.3 is 10.0 Å². The molecular weight excluding hydrogens is 534 g/mol. The summed E-state index contributed by atoms with van der Waals surface area (Å²) in [4.78, 5) is 15.4. The number of aliphatic hydroxyl groups is 1. The summed E-state index contributed by atoms with van der Waals surface area (Å²) >= 11 is 0. The molecule has 0 spiro atoms. The van der Waals surface area contributed by atoms with Gasteiger partial charge in [-0.25, -0.2) is 12.8 Å². The molecule has 39 heavy (non-hydrogen) atoms. The van der Waals surface area contributed by atoms with Crippen LogP contribution in [0.1, 0.15) is 60.4 Å². The Labute approximate surface area is 226 Å². The summed E-state index contributed by atoms with van der Waals surface area (Å²) in [6, 6.07) is 11.7. The average molecular weight is 568 g/mol. The minimum Gasteiger partial charge on any atom is -0.380 e. The van der Waals surface area contributed by atoms with Crippen molar-refractivity contribution in [2.24, 2.45) is 0 Å². The SMILES string of the molecule is Cc1ccc(CC23CCN(C(=O)C4(O)CCS(=O)(=O)CC4)C2CCc2cc(C(C)(F)C(F)(F)F)ccc23)cc1. The Kier molecular flexibility index (Phi) is 6.69. The Morgan fingerprint density at radius 2 is 1.69 bits per heavy atom. The fourth-order valence-electron chi connectivity index (χ4n) is 6.69. The minimum atomic E-state index is -5.06. The van der Waals surface area contributed by atoms with E-state index in [0.29, 0.717) is 44.7 Å². The van der Waals surface area contributed by atoms with Crippen molar-refractivity contribution in [1.82, 2.24) is 4.90 Å². The van der Waals surface area contributed by atoms with Crippen molar-refractivity contribution in [2.45, 2.75) is 81.3 Å². The Hall–Kier alpha value is -2.46. The van der Waals surface area contributed by atoms with Crippen LogP contribution in [0.15, 0.2) is 42.5 Å². The lowest BCUT2D eigenvalue weighted by Gasteiger charge is -2.45. The van der Waals surface area contributed by atoms with Crippen LogP contribution in [0.5, 0.6) is 0 Å². The van der Waals surface area contributed by atoms with Crippen molar-refractivity contribution in [2.75, 3.05) is 18.1 Å². The van der Waals surface area contributed by atoms with E-state index in [1.165, 1.54) is 12.1 Å². The third-order valence-corrected chi connectivity index (χ3v) is 10.8. The highest BCUT2D eigenvalue weighted by Gasteiger charge is 2.57. The molecule has 2 fully saturated rings. The van der Waals surface area contributed by atoms with Crippen LogP contribution in [0.25, 0.3) is 0 Å². The second-order valence-electron chi connectivity index (χ2n) is 11.7. The van der Waals surface area contributed by atoms with E-state index in [4.69, 9.17) is 0 Å². The maximum absolute atomic E-state index is 14.9. The molecule has 0 radical (unpaired) electrons. The Balaban J connectivity index is 1.55. The van der Waals surface area contributed by atoms with Crippen LogP contribution in [-0.2, 0) is 38.6 Å². The molecule has 0 aromatic heterocycles. The highest BCUT2D eigenvalue weighted by atomic mass is 32.2. The van der Waals surface area contributed by atoms with Crippen molar-refractivity contribution >= 4 is 15.7 Å². The molecule has 0 saturated carbocycles. The number of halogens is 4. The van der Waals surface area contributed by atoms with E-state index in [1.54, 1.807) is 11.0 Å². The fraction of sp³-hybridized carbons (Fsp3) is 0.552. The zero-order valence-electron chi connectivity index (χ0n) is 22.0. The largest absolute Gasteiger partial charge is 0.426 e. The topological polar surface area (TPSA) is 74.7 Å². The monoisotopic (exact) mass is 567 g/mol. The molecule has 2 heterocycles. The van der Waals surface area contributed by atoms with Crippen LogP contribution in [0.3, 0.4) is 0 Å². The van der Waals surface area contributed by atoms with Crippen molar-refractivity contribution < 1.29 is 35.9 Å². The molecule has 3 atom stereocenters. The maximum Gasteiger partial charge on any atom is 0.426 e. The van der Waals surface area contributed by atoms with E-state index in [1.807, 2.05) is 31.2 Å². The molecule has 212 valence electrons. The van der Waals surface area contributed by atoms with Crippen LogP contribution < -0.4 is 0 Å². The van der Waals surface area contributed by atoms with E-state index in [9.17, 15) is 35.9 Å². The summed E-state index contributed by atoms with van der Waals surface area (Å²) in [6.07, 6.45) is -3.54. The second-order valence-corrected chi connectivity index (χ2v) is 14.0. The lowest BCUT2D eigenvalue weighted by atomic mass is 9.63. The Bertz CT molecular complexity index is 1370. The van der Waals surface area contributed by atoms with E-state index in [-0.39, 0.29) is 30.4 Å². The van der Waals surface area contributed by atoms with Crippen LogP contribution in [-0.4, -0.2) is 60.2 Å². The number of likely N-dealkylation sites (tertiary alicyclic amines) is 1. The lowest BCUT2D eigenvalue weighted by molar-refractivity contribution is -0.228. The van der Waals surface area contributed by atoms with Gasteiger partial charge in [0.2, 0.25) is 5.67 Å². The molecule has 1 aliphatic carbocycles. The zero-order chi connectivity index (χ0) is 28.4. The van der Waals surface area contributed by atoms with Gasteiger partial charge >= 0.3 is 6.18 Å². The molecule has 10 heteroatoms. The molecule has 3 aliphatic rings. The summed E-state index contributed by atoms with van der Waals surface area (Å²) in [6.45, 7) is 2.83. The van der Waals surface area contributed by atoms with Crippen molar-refractivity contribution in [3.05, 3.63) is 70.3 Å². The fourth-order valence-corrected chi connectivity index (χ4v) is 8.19. The first-order chi connectivity index (χ1) is 18.1. The number of benzene rings is 2. The number of rotatable bonds is 4. The first kappa shape index (κ1) is 28.1. The Morgan fingerprint density at radius 3 is 2.31 bits per heavy atom. The number of hydrogen-bond acceptors (Lipinski definition) is 4. The van der Waals surface area contributed by atoms with Crippen LogP contribution in [0.4, 0.5) is 17.6 Å². The van der Waals surface area contributed by atoms with E-state index in [0.717, 1.165) is 16.7 Å². The molecular formula is C29H33F4NO4S. The molecule has 2 saturated heterocycles. The van der Waals surface area contributed by atoms with Gasteiger partial charge in [-0.2, -0.15) is 13.2 Å². The number of carbonyl (C=O) groups is 1. The normalized spacial score (nSPS) is 27.4. The first-order valence-electron chi connectivity index (χ1n) is 13.3. The average Bonchev–Trinajstić information content (AvgIpc) is 3.25. The van der Waals surface area contributed by atoms with Gasteiger partial charge in [-0.3, -0.25) is 4.79 Å². The minimum absolute atomic E-state index is 0.158. The number of hydrogen-bond donors (Lipinski definition) is 1. The maximum atomic E-state index is 14.9. The molecule has 1 amide bonds. The second kappa shape index (κ2) is 9.29. The van der Waals surface area contributed by atoms with Crippen molar-refractivity contribution in [3.63, 3.8) is 0 Å². The standard InChI is InChI=1S/C29H33F4NO4S/c1-19-3-5-20(6-4-19)18-27-11-14-34(25(35)28(36)12-15-39(37,38)16-13-28)24(27)10-7-21-17-22(8-9-23(21)27)26(2,30)29(31,32)33/h3-6,8-9,17,24,36H,7,10-16,18H2,1-2H3. The summed E-state index contributed by atoms with van der Waals surface area (Å²) in [5.41, 5.74) is -2.82. The molecule has 5 rings (SSSR count). The van der Waals surface area contributed by atoms with Gasteiger partial charge in [0, 0.05) is 18.0 Å². The molecule has 2 aromatic rings. The van der Waals surface area contributed by atoms with Crippen molar-refractivity contribution in [3.8, 4) is 0 Å². The summed E-state index contributed by atoms with van der Waals surface area (Å²) in [5.74, 6) is -0.994. The quantitative estimate of drug-likeness (QED) is 0.544. The third kappa shape index (κ3) is 4.77. The number of alkyl halides is 4. The predicted molar refractivity (Wildman–Crippen MR) is 139 cm³/mol. The van der Waals surface area contributed by atoms with Gasteiger partial charge in [0.25, 0.3) is 5.91 Å². The predicted octanol–water partition coefficient (Wildman–Crippen LogP) is 4.71. The van der Waals surface area contributed by atoms with Gasteiger partial charge in [0.05, 0.1) is 11.5 Å².